The van der Waals surface area contributed by atoms with E-state index in [0.717, 1.165) is 10.5 Å². The van der Waals surface area contributed by atoms with Crippen LogP contribution in [0.2, 0.25) is 5.02 Å². The van der Waals surface area contributed by atoms with Crippen molar-refractivity contribution in [1.29, 1.82) is 0 Å². The van der Waals surface area contributed by atoms with Crippen molar-refractivity contribution in [2.24, 2.45) is 23.7 Å². The molecule has 6 unspecified atom stereocenters. The van der Waals surface area contributed by atoms with E-state index >= 15 is 4.79 Å². The Kier molecular flexibility index (Phi) is 7.61. The summed E-state index contributed by atoms with van der Waals surface area (Å²) >= 11 is 6.38. The highest BCUT2D eigenvalue weighted by atomic mass is 35.5. The number of hydrogen-bond acceptors (Lipinski definition) is 7. The topological polar surface area (TPSA) is 142 Å². The average Bonchev–Trinajstić information content (AvgIpc) is 3.52. The van der Waals surface area contributed by atoms with Gasteiger partial charge in [-0.2, -0.15) is 0 Å². The highest BCUT2D eigenvalue weighted by Crippen LogP contribution is 2.65. The van der Waals surface area contributed by atoms with Crippen molar-refractivity contribution in [3.63, 3.8) is 0 Å². The number of carboxylic acid groups (broad SMARTS) is 1. The number of phenolic OH excluding ortho intramolecular Hbond substituents is 1. The zero-order chi connectivity index (χ0) is 35.8. The summed E-state index contributed by atoms with van der Waals surface area (Å²) in [5, 5.41) is 20.5. The van der Waals surface area contributed by atoms with Crippen LogP contribution in [0.15, 0.2) is 109 Å². The maximum atomic E-state index is 15.3. The minimum absolute atomic E-state index is 0.0591. The van der Waals surface area contributed by atoms with E-state index in [1.807, 2.05) is 36.4 Å². The van der Waals surface area contributed by atoms with Crippen LogP contribution in [0.1, 0.15) is 40.2 Å². The molecule has 6 atom stereocenters. The summed E-state index contributed by atoms with van der Waals surface area (Å²) in [6, 6.07) is 26.0. The van der Waals surface area contributed by atoms with Gasteiger partial charge >= 0.3 is 5.97 Å². The van der Waals surface area contributed by atoms with Gasteiger partial charge in [0.25, 0.3) is 0 Å². The Morgan fingerprint density at radius 3 is 2.25 bits per heavy atom. The number of benzene rings is 4. The molecule has 2 aliphatic heterocycles. The van der Waals surface area contributed by atoms with Gasteiger partial charge in [-0.3, -0.25) is 24.1 Å². The first kappa shape index (κ1) is 32.5. The van der Waals surface area contributed by atoms with Crippen molar-refractivity contribution in [2.75, 3.05) is 16.9 Å². The molecule has 2 N–H and O–H groups in total. The molecule has 4 aliphatic rings. The van der Waals surface area contributed by atoms with Crippen LogP contribution < -0.4 is 14.5 Å². The van der Waals surface area contributed by atoms with Crippen LogP contribution >= 0.6 is 11.6 Å². The lowest BCUT2D eigenvalue weighted by atomic mass is 9.49. The Bertz CT molecular complexity index is 2200. The second kappa shape index (κ2) is 11.9. The smallest absolute Gasteiger partial charge is 0.335 e. The molecule has 1 saturated carbocycles. The predicted octanol–water partition coefficient (Wildman–Crippen LogP) is 6.12. The molecule has 4 aromatic rings. The highest BCUT2D eigenvalue weighted by molar-refractivity contribution is 6.32. The van der Waals surface area contributed by atoms with Gasteiger partial charge in [-0.15, -0.1) is 0 Å². The van der Waals surface area contributed by atoms with E-state index in [9.17, 15) is 29.4 Å². The van der Waals surface area contributed by atoms with Crippen LogP contribution in [0.5, 0.6) is 11.5 Å². The van der Waals surface area contributed by atoms with Gasteiger partial charge in [0.1, 0.15) is 11.5 Å². The number of carbonyl (C=O) groups excluding carboxylic acids is 4. The first-order chi connectivity index (χ1) is 24.6. The summed E-state index contributed by atoms with van der Waals surface area (Å²) in [6.45, 7) is 0. The van der Waals surface area contributed by atoms with E-state index < -0.39 is 64.6 Å². The second-order valence-electron chi connectivity index (χ2n) is 13.4. The number of ether oxygens (including phenoxy) is 1. The predicted molar refractivity (Wildman–Crippen MR) is 187 cm³/mol. The summed E-state index contributed by atoms with van der Waals surface area (Å²) in [6.07, 6.45) is 2.19. The molecule has 2 heterocycles. The number of carbonyl (C=O) groups is 5. The zero-order valence-corrected chi connectivity index (χ0v) is 28.0. The minimum Gasteiger partial charge on any atom is -0.508 e. The number of hydrogen-bond donors (Lipinski definition) is 2. The first-order valence-corrected chi connectivity index (χ1v) is 16.9. The number of aromatic carboxylic acids is 1. The number of fused-ring (bicyclic) bond motifs is 4. The number of nitrogens with zero attached hydrogens (tertiary/aromatic N) is 2. The summed E-state index contributed by atoms with van der Waals surface area (Å²) in [5.41, 5.74) is 0.744. The number of allylic oxidation sites excluding steroid dienone is 2. The summed E-state index contributed by atoms with van der Waals surface area (Å²) < 4.78 is 5.82. The Morgan fingerprint density at radius 1 is 0.824 bits per heavy atom. The van der Waals surface area contributed by atoms with Crippen molar-refractivity contribution >= 4 is 52.6 Å². The Hall–Kier alpha value is -5.74. The third-order valence-corrected chi connectivity index (χ3v) is 11.3. The van der Waals surface area contributed by atoms with E-state index in [0.29, 0.717) is 27.6 Å². The molecule has 0 radical (unpaired) electrons. The number of amides is 4. The maximum Gasteiger partial charge on any atom is 0.335 e. The number of anilines is 2. The fourth-order valence-electron chi connectivity index (χ4n) is 9.06. The van der Waals surface area contributed by atoms with E-state index in [4.69, 9.17) is 16.3 Å². The van der Waals surface area contributed by atoms with Crippen LogP contribution in [-0.2, 0) is 24.6 Å². The molecule has 256 valence electrons. The largest absolute Gasteiger partial charge is 0.508 e. The number of rotatable bonds is 6. The number of halogens is 1. The molecule has 3 fully saturated rings. The lowest BCUT2D eigenvalue weighted by Gasteiger charge is -2.51. The van der Waals surface area contributed by atoms with Gasteiger partial charge in [0.2, 0.25) is 23.6 Å². The lowest BCUT2D eigenvalue weighted by Crippen LogP contribution is -2.53. The molecule has 0 bridgehead atoms. The van der Waals surface area contributed by atoms with Gasteiger partial charge in [-0.1, -0.05) is 71.8 Å². The van der Waals surface area contributed by atoms with Gasteiger partial charge in [-0.25, -0.2) is 9.69 Å². The molecule has 0 aromatic heterocycles. The van der Waals surface area contributed by atoms with Crippen molar-refractivity contribution in [3.05, 3.63) is 130 Å². The standard InChI is InChI=1S/C40H31ClN2O8/c1-51-32-19-26(44)13-14-28(32)34-27-15-16-29-33(37(47)42(35(29)45)24-11-5-7-21(17-24)38(48)49)30(27)20-31-36(46)43(25-12-6-10-23(41)18-25)39(50)40(31,34)22-8-3-2-4-9-22/h2-15,17-19,29-31,33-34,44H,16,20H2,1H3,(H,48,49). The van der Waals surface area contributed by atoms with Crippen molar-refractivity contribution < 1.29 is 38.9 Å². The van der Waals surface area contributed by atoms with Gasteiger partial charge in [-0.05, 0) is 66.8 Å². The van der Waals surface area contributed by atoms with Crippen molar-refractivity contribution in [2.45, 2.75) is 24.2 Å². The summed E-state index contributed by atoms with van der Waals surface area (Å²) in [7, 11) is 1.46. The number of aromatic hydroxyl groups is 1. The fourth-order valence-corrected chi connectivity index (χ4v) is 9.24. The Labute approximate surface area is 297 Å². The molecule has 0 spiro atoms. The van der Waals surface area contributed by atoms with Crippen LogP contribution in [0, 0.1) is 23.7 Å². The maximum absolute atomic E-state index is 15.3. The second-order valence-corrected chi connectivity index (χ2v) is 13.8. The fraction of sp³-hybridized carbons (Fsp3) is 0.225. The van der Waals surface area contributed by atoms with E-state index in [-0.39, 0.29) is 29.8 Å². The quantitative estimate of drug-likeness (QED) is 0.181. The Balaban J connectivity index is 1.35. The zero-order valence-electron chi connectivity index (χ0n) is 27.2. The molecule has 8 rings (SSSR count). The van der Waals surface area contributed by atoms with E-state index in [2.05, 4.69) is 0 Å². The number of imide groups is 2. The molecule has 10 nitrogen and oxygen atoms in total. The van der Waals surface area contributed by atoms with E-state index in [1.54, 1.807) is 30.3 Å². The highest BCUT2D eigenvalue weighted by Gasteiger charge is 2.70. The molecule has 4 aromatic carbocycles. The van der Waals surface area contributed by atoms with Gasteiger partial charge in [0.05, 0.1) is 47.2 Å². The summed E-state index contributed by atoms with van der Waals surface area (Å²) in [5.74, 6) is -6.95. The SMILES string of the molecule is COc1cc(O)ccc1C1C2=CCC3C(=O)N(c4cccc(C(=O)O)c4)C(=O)C3C2CC2C(=O)N(c3cccc(Cl)c3)C(=O)C21c1ccccc1. The van der Waals surface area contributed by atoms with Crippen LogP contribution in [-0.4, -0.2) is 46.9 Å². The van der Waals surface area contributed by atoms with Crippen molar-refractivity contribution in [3.8, 4) is 11.5 Å². The normalized spacial score (nSPS) is 26.8. The Morgan fingerprint density at radius 2 is 1.55 bits per heavy atom. The molecule has 4 amide bonds. The van der Waals surface area contributed by atoms with E-state index in [1.165, 1.54) is 48.4 Å². The monoisotopic (exact) mass is 702 g/mol. The number of carboxylic acids is 1. The van der Waals surface area contributed by atoms with Crippen LogP contribution in [0.25, 0.3) is 0 Å². The molecule has 2 aliphatic carbocycles. The first-order valence-electron chi connectivity index (χ1n) is 16.6. The average molecular weight is 703 g/mol. The van der Waals surface area contributed by atoms with Gasteiger partial charge in [0.15, 0.2) is 0 Å². The lowest BCUT2D eigenvalue weighted by molar-refractivity contribution is -0.127. The summed E-state index contributed by atoms with van der Waals surface area (Å²) in [4.78, 5) is 72.8. The van der Waals surface area contributed by atoms with Crippen molar-refractivity contribution in [1.82, 2.24) is 0 Å². The van der Waals surface area contributed by atoms with Gasteiger partial charge in [0, 0.05) is 22.6 Å². The molecular formula is C40H31ClN2O8. The van der Waals surface area contributed by atoms with Gasteiger partial charge < -0.3 is 14.9 Å². The molecule has 11 heteroatoms. The minimum atomic E-state index is -1.51. The molecule has 2 saturated heterocycles. The third kappa shape index (κ3) is 4.66. The number of phenols is 1. The third-order valence-electron chi connectivity index (χ3n) is 11.0. The number of methoxy groups -OCH3 is 1. The van der Waals surface area contributed by atoms with Crippen LogP contribution in [0.4, 0.5) is 11.4 Å². The molecule has 51 heavy (non-hydrogen) atoms. The molecular weight excluding hydrogens is 672 g/mol. The van der Waals surface area contributed by atoms with Crippen LogP contribution in [0.3, 0.4) is 0 Å².